The van der Waals surface area contributed by atoms with Crippen LogP contribution >= 0.6 is 11.6 Å². The van der Waals surface area contributed by atoms with E-state index in [2.05, 4.69) is 10.1 Å². The number of anilines is 1. The molecule has 0 saturated heterocycles. The van der Waals surface area contributed by atoms with Gasteiger partial charge in [-0.25, -0.2) is 0 Å². The van der Waals surface area contributed by atoms with E-state index < -0.39 is 5.92 Å². The van der Waals surface area contributed by atoms with Gasteiger partial charge in [-0.3, -0.25) is 4.79 Å². The van der Waals surface area contributed by atoms with Crippen LogP contribution in [0.25, 0.3) is 11.4 Å². The van der Waals surface area contributed by atoms with Crippen LogP contribution in [0.4, 0.5) is 5.95 Å². The Morgan fingerprint density at radius 3 is 1.93 bits per heavy atom. The van der Waals surface area contributed by atoms with Crippen molar-refractivity contribution in [3.8, 4) is 11.4 Å². The van der Waals surface area contributed by atoms with E-state index in [0.717, 1.165) is 16.7 Å². The predicted octanol–water partition coefficient (Wildman–Crippen LogP) is 4.65. The second kappa shape index (κ2) is 7.66. The van der Waals surface area contributed by atoms with Gasteiger partial charge in [0.05, 0.1) is 5.92 Å². The summed E-state index contributed by atoms with van der Waals surface area (Å²) in [6.07, 6.45) is 0. The Morgan fingerprint density at radius 2 is 1.39 bits per heavy atom. The highest BCUT2D eigenvalue weighted by Crippen LogP contribution is 2.28. The summed E-state index contributed by atoms with van der Waals surface area (Å²) >= 11 is 5.94. The van der Waals surface area contributed by atoms with Gasteiger partial charge in [0.2, 0.25) is 5.95 Å². The van der Waals surface area contributed by atoms with Gasteiger partial charge in [0, 0.05) is 10.6 Å². The number of hydrogen-bond acceptors (Lipinski definition) is 4. The third-order valence-corrected chi connectivity index (χ3v) is 4.71. The van der Waals surface area contributed by atoms with Gasteiger partial charge in [0.1, 0.15) is 0 Å². The summed E-state index contributed by atoms with van der Waals surface area (Å²) in [7, 11) is 0. The lowest BCUT2D eigenvalue weighted by molar-refractivity contribution is 0.0880. The minimum absolute atomic E-state index is 0.0480. The number of nitrogen functional groups attached to an aromatic ring is 1. The normalized spacial score (nSPS) is 10.9. The molecule has 4 rings (SSSR count). The number of carbonyl (C=O) groups excluding carboxylic acids is 1. The molecule has 0 radical (unpaired) electrons. The summed E-state index contributed by atoms with van der Waals surface area (Å²) in [6, 6.07) is 26.2. The maximum Gasteiger partial charge on any atom is 0.262 e. The van der Waals surface area contributed by atoms with Crippen LogP contribution in [0.3, 0.4) is 0 Å². The van der Waals surface area contributed by atoms with Crippen molar-refractivity contribution in [2.45, 2.75) is 5.92 Å². The van der Waals surface area contributed by atoms with Crippen LogP contribution in [0.5, 0.6) is 0 Å². The lowest BCUT2D eigenvalue weighted by Crippen LogP contribution is -2.24. The van der Waals surface area contributed by atoms with Gasteiger partial charge in [-0.05, 0) is 35.4 Å². The third-order valence-electron chi connectivity index (χ3n) is 4.46. The Labute approximate surface area is 167 Å². The second-order valence-electron chi connectivity index (χ2n) is 6.30. The van der Waals surface area contributed by atoms with Crippen LogP contribution in [-0.4, -0.2) is 20.7 Å². The summed E-state index contributed by atoms with van der Waals surface area (Å²) in [6.45, 7) is 0. The lowest BCUT2D eigenvalue weighted by atomic mass is 9.90. The zero-order chi connectivity index (χ0) is 19.5. The Balaban J connectivity index is 1.76. The molecular weight excluding hydrogens is 372 g/mol. The molecule has 1 aromatic heterocycles. The van der Waals surface area contributed by atoms with Crippen molar-refractivity contribution in [1.82, 2.24) is 14.8 Å². The Bertz CT molecular complexity index is 1050. The number of halogens is 1. The maximum absolute atomic E-state index is 13.4. The Morgan fingerprint density at radius 1 is 0.857 bits per heavy atom. The van der Waals surface area contributed by atoms with E-state index >= 15 is 0 Å². The lowest BCUT2D eigenvalue weighted by Gasteiger charge is -2.16. The van der Waals surface area contributed by atoms with Gasteiger partial charge in [-0.1, -0.05) is 72.3 Å². The van der Waals surface area contributed by atoms with Crippen molar-refractivity contribution in [1.29, 1.82) is 0 Å². The second-order valence-corrected chi connectivity index (χ2v) is 6.74. The molecule has 0 saturated carbocycles. The molecular formula is C22H17ClN4O. The van der Waals surface area contributed by atoms with Crippen molar-refractivity contribution in [3.63, 3.8) is 0 Å². The van der Waals surface area contributed by atoms with Crippen molar-refractivity contribution in [2.75, 3.05) is 5.73 Å². The third kappa shape index (κ3) is 3.52. The van der Waals surface area contributed by atoms with Gasteiger partial charge < -0.3 is 5.73 Å². The highest BCUT2D eigenvalue weighted by Gasteiger charge is 2.27. The van der Waals surface area contributed by atoms with E-state index in [4.69, 9.17) is 17.3 Å². The molecule has 138 valence electrons. The zero-order valence-corrected chi connectivity index (χ0v) is 15.6. The minimum atomic E-state index is -0.538. The summed E-state index contributed by atoms with van der Waals surface area (Å²) in [5.74, 6) is -0.374. The van der Waals surface area contributed by atoms with Crippen molar-refractivity contribution in [3.05, 3.63) is 101 Å². The molecule has 0 atom stereocenters. The highest BCUT2D eigenvalue weighted by molar-refractivity contribution is 6.30. The number of aromatic nitrogens is 3. The fourth-order valence-electron chi connectivity index (χ4n) is 3.10. The quantitative estimate of drug-likeness (QED) is 0.552. The maximum atomic E-state index is 13.4. The number of benzene rings is 3. The molecule has 28 heavy (non-hydrogen) atoms. The average Bonchev–Trinajstić information content (AvgIpc) is 3.12. The molecule has 1 heterocycles. The number of nitrogens with zero attached hydrogens (tertiary/aromatic N) is 3. The molecule has 0 unspecified atom stereocenters. The minimum Gasteiger partial charge on any atom is -0.368 e. The molecule has 2 N–H and O–H groups in total. The molecule has 6 heteroatoms. The van der Waals surface area contributed by atoms with Gasteiger partial charge in [0.25, 0.3) is 5.91 Å². The first-order valence-electron chi connectivity index (χ1n) is 8.76. The molecule has 0 aliphatic carbocycles. The fourth-order valence-corrected chi connectivity index (χ4v) is 3.22. The van der Waals surface area contributed by atoms with Crippen LogP contribution in [-0.2, 0) is 0 Å². The number of carbonyl (C=O) groups is 1. The first kappa shape index (κ1) is 17.9. The van der Waals surface area contributed by atoms with Gasteiger partial charge in [0.15, 0.2) is 5.82 Å². The monoisotopic (exact) mass is 388 g/mol. The molecule has 0 fully saturated rings. The first-order chi connectivity index (χ1) is 13.6. The molecule has 5 nitrogen and oxygen atoms in total. The van der Waals surface area contributed by atoms with E-state index in [1.165, 1.54) is 4.68 Å². The average molecular weight is 389 g/mol. The van der Waals surface area contributed by atoms with Crippen molar-refractivity contribution >= 4 is 23.5 Å². The van der Waals surface area contributed by atoms with E-state index in [1.54, 1.807) is 24.3 Å². The zero-order valence-electron chi connectivity index (χ0n) is 14.9. The molecule has 4 aromatic rings. The van der Waals surface area contributed by atoms with Gasteiger partial charge in [-0.2, -0.15) is 9.67 Å². The number of hydrogen-bond donors (Lipinski definition) is 1. The predicted molar refractivity (Wildman–Crippen MR) is 110 cm³/mol. The van der Waals surface area contributed by atoms with Crippen molar-refractivity contribution < 1.29 is 4.79 Å². The summed E-state index contributed by atoms with van der Waals surface area (Å²) in [4.78, 5) is 17.7. The fraction of sp³-hybridized carbons (Fsp3) is 0.0455. The molecule has 3 aromatic carbocycles. The number of rotatable bonds is 4. The van der Waals surface area contributed by atoms with E-state index in [1.807, 2.05) is 60.7 Å². The first-order valence-corrected chi connectivity index (χ1v) is 9.14. The standard InChI is InChI=1S/C22H17ClN4O/c23-18-13-11-17(12-14-18)20-25-22(24)27(26-20)21(28)19(15-7-3-1-4-8-15)16-9-5-2-6-10-16/h1-14,19H,(H2,24,25,26). The number of nitrogens with two attached hydrogens (primary N) is 1. The largest absolute Gasteiger partial charge is 0.368 e. The van der Waals surface area contributed by atoms with Crippen LogP contribution in [0.15, 0.2) is 84.9 Å². The summed E-state index contributed by atoms with van der Waals surface area (Å²) in [5.41, 5.74) is 8.51. The Kier molecular flexibility index (Phi) is 4.91. The Hall–Kier alpha value is -3.44. The summed E-state index contributed by atoms with van der Waals surface area (Å²) in [5, 5.41) is 4.98. The SMILES string of the molecule is Nc1nc(-c2ccc(Cl)cc2)nn1C(=O)C(c1ccccc1)c1ccccc1. The van der Waals surface area contributed by atoms with Crippen molar-refractivity contribution in [2.24, 2.45) is 0 Å². The van der Waals surface area contributed by atoms with Crippen LogP contribution in [0.1, 0.15) is 21.8 Å². The van der Waals surface area contributed by atoms with E-state index in [9.17, 15) is 4.79 Å². The van der Waals surface area contributed by atoms with Crippen LogP contribution in [0, 0.1) is 0 Å². The van der Waals surface area contributed by atoms with Crippen LogP contribution < -0.4 is 5.73 Å². The topological polar surface area (TPSA) is 73.8 Å². The highest BCUT2D eigenvalue weighted by atomic mass is 35.5. The van der Waals surface area contributed by atoms with Gasteiger partial charge >= 0.3 is 0 Å². The molecule has 0 aliphatic heterocycles. The van der Waals surface area contributed by atoms with E-state index in [-0.39, 0.29) is 11.9 Å². The molecule has 0 amide bonds. The van der Waals surface area contributed by atoms with Gasteiger partial charge in [-0.15, -0.1) is 5.10 Å². The molecule has 0 aliphatic rings. The smallest absolute Gasteiger partial charge is 0.262 e. The molecule has 0 spiro atoms. The summed E-state index contributed by atoms with van der Waals surface area (Å²) < 4.78 is 1.18. The van der Waals surface area contributed by atoms with E-state index in [0.29, 0.717) is 10.8 Å². The molecule has 0 bridgehead atoms. The van der Waals surface area contributed by atoms with Crippen LogP contribution in [0.2, 0.25) is 5.02 Å².